The Morgan fingerprint density at radius 2 is 1.69 bits per heavy atom. The van der Waals surface area contributed by atoms with E-state index in [4.69, 9.17) is 0 Å². The first-order valence-corrected chi connectivity index (χ1v) is 9.41. The average Bonchev–Trinajstić information content (AvgIpc) is 3.12. The van der Waals surface area contributed by atoms with Gasteiger partial charge in [0.1, 0.15) is 5.82 Å². The summed E-state index contributed by atoms with van der Waals surface area (Å²) in [4.78, 5) is 29.3. The Kier molecular flexibility index (Phi) is 5.16. The Hall–Kier alpha value is -3.80. The third kappa shape index (κ3) is 4.21. The van der Waals surface area contributed by atoms with Gasteiger partial charge in [0.05, 0.1) is 11.2 Å². The molecular weight excluding hydrogens is 364 g/mol. The molecule has 6 nitrogen and oxygen atoms in total. The number of ketones is 1. The van der Waals surface area contributed by atoms with E-state index in [9.17, 15) is 9.59 Å². The van der Waals surface area contributed by atoms with Gasteiger partial charge in [-0.25, -0.2) is 4.98 Å². The summed E-state index contributed by atoms with van der Waals surface area (Å²) in [6.07, 6.45) is 0.250. The van der Waals surface area contributed by atoms with Crippen LogP contribution in [-0.4, -0.2) is 26.5 Å². The maximum Gasteiger partial charge on any atom is 0.225 e. The number of aryl methyl sites for hydroxylation is 1. The number of nitrogens with one attached hydrogen (secondary N) is 1. The second-order valence-electron chi connectivity index (χ2n) is 6.78. The highest BCUT2D eigenvalue weighted by atomic mass is 16.2. The molecule has 2 aromatic carbocycles. The van der Waals surface area contributed by atoms with Crippen LogP contribution in [0, 0.1) is 6.92 Å². The molecule has 1 amide bonds. The van der Waals surface area contributed by atoms with E-state index < -0.39 is 0 Å². The number of fused-ring (bicyclic) bond motifs is 1. The number of Topliss-reactive ketones (excluding diaryl/α,β-unsaturated/α-hetero) is 1. The van der Waals surface area contributed by atoms with Crippen molar-refractivity contribution in [1.82, 2.24) is 14.8 Å². The van der Waals surface area contributed by atoms with Crippen molar-refractivity contribution in [3.05, 3.63) is 84.1 Å². The van der Waals surface area contributed by atoms with Crippen molar-refractivity contribution >= 4 is 28.4 Å². The van der Waals surface area contributed by atoms with Crippen LogP contribution < -0.4 is 5.32 Å². The summed E-state index contributed by atoms with van der Waals surface area (Å²) in [5, 5.41) is 8.34. The highest BCUT2D eigenvalue weighted by Gasteiger charge is 2.14. The molecule has 0 aliphatic rings. The van der Waals surface area contributed by atoms with Crippen molar-refractivity contribution in [3.8, 4) is 5.82 Å². The normalized spacial score (nSPS) is 10.8. The van der Waals surface area contributed by atoms with Crippen LogP contribution in [0.1, 0.15) is 28.9 Å². The molecule has 0 saturated heterocycles. The molecule has 4 rings (SSSR count). The number of anilines is 1. The molecule has 0 atom stereocenters. The number of pyridine rings is 1. The van der Waals surface area contributed by atoms with Gasteiger partial charge >= 0.3 is 0 Å². The number of hydrogen-bond donors (Lipinski definition) is 1. The molecule has 0 saturated carbocycles. The number of aromatic nitrogens is 3. The number of benzene rings is 2. The molecule has 4 aromatic rings. The Bertz CT molecular complexity index is 1180. The number of hydrogen-bond acceptors (Lipinski definition) is 4. The largest absolute Gasteiger partial charge is 0.311 e. The minimum Gasteiger partial charge on any atom is -0.311 e. The van der Waals surface area contributed by atoms with Crippen LogP contribution in [-0.2, 0) is 4.79 Å². The van der Waals surface area contributed by atoms with Gasteiger partial charge < -0.3 is 5.32 Å². The molecular formula is C23H20N4O2. The SMILES string of the molecule is Cc1cc(NC(=O)CCC(=O)c2ccccc2)n(-c2ccc3ccccc3n2)n1. The molecule has 0 unspecified atom stereocenters. The van der Waals surface area contributed by atoms with Crippen LogP contribution in [0.15, 0.2) is 72.8 Å². The average molecular weight is 384 g/mol. The third-order valence-electron chi connectivity index (χ3n) is 4.57. The lowest BCUT2D eigenvalue weighted by molar-refractivity contribution is -0.116. The summed E-state index contributed by atoms with van der Waals surface area (Å²) in [7, 11) is 0. The van der Waals surface area contributed by atoms with Gasteiger partial charge in [-0.2, -0.15) is 9.78 Å². The van der Waals surface area contributed by atoms with Gasteiger partial charge in [0.25, 0.3) is 0 Å². The first-order chi connectivity index (χ1) is 14.1. The molecule has 6 heteroatoms. The van der Waals surface area contributed by atoms with Crippen LogP contribution >= 0.6 is 0 Å². The van der Waals surface area contributed by atoms with E-state index in [-0.39, 0.29) is 24.5 Å². The Labute approximate surface area is 168 Å². The number of para-hydroxylation sites is 1. The summed E-state index contributed by atoms with van der Waals surface area (Å²) in [5.41, 5.74) is 2.22. The smallest absolute Gasteiger partial charge is 0.225 e. The standard InChI is InChI=1S/C23H20N4O2/c1-16-15-22(25-23(29)14-12-20(28)18-8-3-2-4-9-18)27(26-16)21-13-11-17-7-5-6-10-19(17)24-21/h2-11,13,15H,12,14H2,1H3,(H,25,29). The predicted molar refractivity (Wildman–Crippen MR) is 112 cm³/mol. The summed E-state index contributed by atoms with van der Waals surface area (Å²) in [6.45, 7) is 1.85. The van der Waals surface area contributed by atoms with Crippen molar-refractivity contribution < 1.29 is 9.59 Å². The summed E-state index contributed by atoms with van der Waals surface area (Å²) in [6, 6.07) is 22.4. The Balaban J connectivity index is 1.49. The van der Waals surface area contributed by atoms with E-state index in [1.807, 2.05) is 61.5 Å². The lowest BCUT2D eigenvalue weighted by atomic mass is 10.1. The van der Waals surface area contributed by atoms with E-state index in [0.29, 0.717) is 17.2 Å². The van der Waals surface area contributed by atoms with Gasteiger partial charge in [-0.05, 0) is 25.1 Å². The fourth-order valence-corrected chi connectivity index (χ4v) is 3.14. The van der Waals surface area contributed by atoms with E-state index in [1.54, 1.807) is 22.9 Å². The number of nitrogens with zero attached hydrogens (tertiary/aromatic N) is 3. The number of carbonyl (C=O) groups excluding carboxylic acids is 2. The van der Waals surface area contributed by atoms with Crippen molar-refractivity contribution in [2.24, 2.45) is 0 Å². The second-order valence-corrected chi connectivity index (χ2v) is 6.78. The molecule has 0 bridgehead atoms. The fraction of sp³-hybridized carbons (Fsp3) is 0.130. The molecule has 0 aliphatic heterocycles. The van der Waals surface area contributed by atoms with Crippen molar-refractivity contribution in [2.45, 2.75) is 19.8 Å². The van der Waals surface area contributed by atoms with Gasteiger partial charge in [-0.15, -0.1) is 0 Å². The lowest BCUT2D eigenvalue weighted by Gasteiger charge is -2.09. The summed E-state index contributed by atoms with van der Waals surface area (Å²) >= 11 is 0. The Morgan fingerprint density at radius 3 is 2.52 bits per heavy atom. The van der Waals surface area contributed by atoms with Crippen LogP contribution in [0.3, 0.4) is 0 Å². The lowest BCUT2D eigenvalue weighted by Crippen LogP contribution is -2.16. The highest BCUT2D eigenvalue weighted by Crippen LogP contribution is 2.19. The third-order valence-corrected chi connectivity index (χ3v) is 4.57. The Morgan fingerprint density at radius 1 is 0.931 bits per heavy atom. The van der Waals surface area contributed by atoms with E-state index in [1.165, 1.54) is 0 Å². The monoisotopic (exact) mass is 384 g/mol. The minimum atomic E-state index is -0.240. The van der Waals surface area contributed by atoms with Crippen molar-refractivity contribution in [2.75, 3.05) is 5.32 Å². The molecule has 0 aliphatic carbocycles. The zero-order valence-electron chi connectivity index (χ0n) is 16.0. The zero-order valence-corrected chi connectivity index (χ0v) is 16.0. The first kappa shape index (κ1) is 18.6. The molecule has 29 heavy (non-hydrogen) atoms. The number of carbonyl (C=O) groups is 2. The maximum absolute atomic E-state index is 12.4. The molecule has 0 fully saturated rings. The minimum absolute atomic E-state index is 0.0540. The highest BCUT2D eigenvalue weighted by molar-refractivity contribution is 5.99. The number of amides is 1. The van der Waals surface area contributed by atoms with Crippen LogP contribution in [0.25, 0.3) is 16.7 Å². The second kappa shape index (κ2) is 8.06. The van der Waals surface area contributed by atoms with E-state index >= 15 is 0 Å². The fourth-order valence-electron chi connectivity index (χ4n) is 3.14. The van der Waals surface area contributed by atoms with Crippen LogP contribution in [0.4, 0.5) is 5.82 Å². The molecule has 1 N–H and O–H groups in total. The van der Waals surface area contributed by atoms with Crippen molar-refractivity contribution in [1.29, 1.82) is 0 Å². The molecule has 144 valence electrons. The summed E-state index contributed by atoms with van der Waals surface area (Å²) in [5.74, 6) is 0.854. The van der Waals surface area contributed by atoms with Crippen molar-refractivity contribution in [3.63, 3.8) is 0 Å². The van der Waals surface area contributed by atoms with Gasteiger partial charge in [0.15, 0.2) is 11.6 Å². The topological polar surface area (TPSA) is 76.9 Å². The quantitative estimate of drug-likeness (QED) is 0.502. The van der Waals surface area contributed by atoms with Gasteiger partial charge in [-0.3, -0.25) is 9.59 Å². The van der Waals surface area contributed by atoms with Gasteiger partial charge in [0, 0.05) is 29.9 Å². The van der Waals surface area contributed by atoms with E-state index in [0.717, 1.165) is 16.6 Å². The maximum atomic E-state index is 12.4. The zero-order chi connectivity index (χ0) is 20.2. The summed E-state index contributed by atoms with van der Waals surface area (Å²) < 4.78 is 1.61. The molecule has 2 aromatic heterocycles. The van der Waals surface area contributed by atoms with Crippen LogP contribution in [0.5, 0.6) is 0 Å². The van der Waals surface area contributed by atoms with E-state index in [2.05, 4.69) is 15.4 Å². The molecule has 0 radical (unpaired) electrons. The van der Waals surface area contributed by atoms with Gasteiger partial charge in [-0.1, -0.05) is 48.5 Å². The molecule has 2 heterocycles. The molecule has 0 spiro atoms. The first-order valence-electron chi connectivity index (χ1n) is 9.41. The van der Waals surface area contributed by atoms with Gasteiger partial charge in [0.2, 0.25) is 5.91 Å². The van der Waals surface area contributed by atoms with Crippen LogP contribution in [0.2, 0.25) is 0 Å². The number of rotatable bonds is 6. The predicted octanol–water partition coefficient (Wildman–Crippen LogP) is 4.33.